The zero-order valence-corrected chi connectivity index (χ0v) is 13.0. The average Bonchev–Trinajstić information content (AvgIpc) is 2.38. The predicted molar refractivity (Wildman–Crippen MR) is 84.6 cm³/mol. The predicted octanol–water partition coefficient (Wildman–Crippen LogP) is 4.05. The van der Waals surface area contributed by atoms with Gasteiger partial charge in [0, 0.05) is 17.0 Å². The number of hydrogen-bond acceptors (Lipinski definition) is 2. The zero-order chi connectivity index (χ0) is 13.4. The van der Waals surface area contributed by atoms with E-state index >= 15 is 0 Å². The van der Waals surface area contributed by atoms with Crippen molar-refractivity contribution in [2.45, 2.75) is 51.8 Å². The summed E-state index contributed by atoms with van der Waals surface area (Å²) in [4.78, 5) is 0. The highest BCUT2D eigenvalue weighted by atomic mass is 32.2. The first kappa shape index (κ1) is 15.6. The fourth-order valence-electron chi connectivity index (χ4n) is 1.98. The molecule has 18 heavy (non-hydrogen) atoms. The van der Waals surface area contributed by atoms with Crippen LogP contribution in [-0.2, 0) is 6.42 Å². The molecule has 0 bridgehead atoms. The third-order valence-corrected chi connectivity index (χ3v) is 4.87. The fourth-order valence-corrected chi connectivity index (χ4v) is 3.01. The number of nitrogens with one attached hydrogen (secondary N) is 1. The van der Waals surface area contributed by atoms with Crippen molar-refractivity contribution in [2.75, 3.05) is 12.3 Å². The summed E-state index contributed by atoms with van der Waals surface area (Å²) in [5.74, 6) is 1.21. The van der Waals surface area contributed by atoms with Crippen molar-refractivity contribution in [1.82, 2.24) is 5.32 Å². The molecule has 102 valence electrons. The molecule has 0 fully saturated rings. The number of rotatable bonds is 8. The molecule has 0 amide bonds. The minimum absolute atomic E-state index is 0.593. The molecule has 0 heterocycles. The van der Waals surface area contributed by atoms with Crippen molar-refractivity contribution in [3.05, 3.63) is 35.4 Å². The lowest BCUT2D eigenvalue weighted by Crippen LogP contribution is -2.34. The third kappa shape index (κ3) is 5.45. The van der Waals surface area contributed by atoms with Crippen LogP contribution in [0.25, 0.3) is 0 Å². The number of thioether (sulfide) groups is 1. The molecule has 1 aromatic rings. The zero-order valence-electron chi connectivity index (χ0n) is 12.2. The van der Waals surface area contributed by atoms with E-state index in [0.717, 1.165) is 18.2 Å². The van der Waals surface area contributed by atoms with Crippen molar-refractivity contribution in [3.8, 4) is 0 Å². The summed E-state index contributed by atoms with van der Waals surface area (Å²) in [6, 6.07) is 9.32. The van der Waals surface area contributed by atoms with Gasteiger partial charge >= 0.3 is 0 Å². The monoisotopic (exact) mass is 265 g/mol. The Morgan fingerprint density at radius 2 is 1.94 bits per heavy atom. The first-order chi connectivity index (χ1) is 8.67. The largest absolute Gasteiger partial charge is 0.313 e. The van der Waals surface area contributed by atoms with Crippen LogP contribution in [0.2, 0.25) is 0 Å². The van der Waals surface area contributed by atoms with Crippen molar-refractivity contribution < 1.29 is 0 Å². The Hall–Kier alpha value is -0.470. The molecule has 1 N–H and O–H groups in total. The van der Waals surface area contributed by atoms with Gasteiger partial charge in [-0.3, -0.25) is 0 Å². The number of aryl methyl sites for hydroxylation is 1. The van der Waals surface area contributed by atoms with Gasteiger partial charge in [0.2, 0.25) is 0 Å². The summed E-state index contributed by atoms with van der Waals surface area (Å²) in [6.07, 6.45) is 2.40. The van der Waals surface area contributed by atoms with Gasteiger partial charge in [0.05, 0.1) is 0 Å². The van der Waals surface area contributed by atoms with E-state index in [0.29, 0.717) is 6.04 Å². The first-order valence-corrected chi connectivity index (χ1v) is 8.11. The van der Waals surface area contributed by atoms with E-state index in [1.807, 2.05) is 0 Å². The van der Waals surface area contributed by atoms with E-state index in [2.05, 4.69) is 69.0 Å². The molecule has 1 nitrogen and oxygen atoms in total. The van der Waals surface area contributed by atoms with Crippen LogP contribution in [0.1, 0.15) is 38.3 Å². The lowest BCUT2D eigenvalue weighted by molar-refractivity contribution is 0.570. The Bertz CT molecular complexity index is 338. The van der Waals surface area contributed by atoms with Crippen LogP contribution in [-0.4, -0.2) is 23.6 Å². The summed E-state index contributed by atoms with van der Waals surface area (Å²) < 4.78 is 0. The maximum atomic E-state index is 3.62. The van der Waals surface area contributed by atoms with Gasteiger partial charge in [-0.1, -0.05) is 45.0 Å². The first-order valence-electron chi connectivity index (χ1n) is 7.06. The van der Waals surface area contributed by atoms with Crippen molar-refractivity contribution in [3.63, 3.8) is 0 Å². The van der Waals surface area contributed by atoms with Crippen molar-refractivity contribution in [1.29, 1.82) is 0 Å². The number of benzene rings is 1. The molecule has 2 atom stereocenters. The van der Waals surface area contributed by atoms with Gasteiger partial charge < -0.3 is 5.32 Å². The third-order valence-electron chi connectivity index (χ3n) is 3.38. The van der Waals surface area contributed by atoms with Gasteiger partial charge in [0.25, 0.3) is 0 Å². The lowest BCUT2D eigenvalue weighted by atomic mass is 10.0. The SMILES string of the molecule is CCNC(CSC(C)CC)Cc1ccccc1C. The van der Waals surface area contributed by atoms with E-state index < -0.39 is 0 Å². The van der Waals surface area contributed by atoms with Crippen LogP contribution in [0.3, 0.4) is 0 Å². The smallest absolute Gasteiger partial charge is 0.0198 e. The molecule has 0 aliphatic rings. The molecule has 0 aromatic heterocycles. The summed E-state index contributed by atoms with van der Waals surface area (Å²) in [5, 5.41) is 4.38. The molecule has 1 aromatic carbocycles. The standard InChI is InChI=1S/C16H27NS/c1-5-14(4)18-12-16(17-6-2)11-15-10-8-7-9-13(15)3/h7-10,14,16-17H,5-6,11-12H2,1-4H3. The topological polar surface area (TPSA) is 12.0 Å². The second kappa shape index (κ2) is 8.60. The summed E-state index contributed by atoms with van der Waals surface area (Å²) in [5.41, 5.74) is 2.89. The van der Waals surface area contributed by atoms with Crippen LogP contribution in [0.15, 0.2) is 24.3 Å². The Balaban J connectivity index is 2.54. The second-order valence-corrected chi connectivity index (χ2v) is 6.41. The molecule has 2 heteroatoms. The minimum atomic E-state index is 0.593. The molecule has 0 aliphatic carbocycles. The maximum absolute atomic E-state index is 3.62. The van der Waals surface area contributed by atoms with Crippen LogP contribution < -0.4 is 5.32 Å². The van der Waals surface area contributed by atoms with E-state index in [-0.39, 0.29) is 0 Å². The van der Waals surface area contributed by atoms with Crippen LogP contribution in [0.4, 0.5) is 0 Å². The molecule has 0 spiro atoms. The van der Waals surface area contributed by atoms with E-state index in [1.54, 1.807) is 0 Å². The molecule has 0 saturated heterocycles. The second-order valence-electron chi connectivity index (χ2n) is 4.94. The Morgan fingerprint density at radius 1 is 1.22 bits per heavy atom. The van der Waals surface area contributed by atoms with E-state index in [1.165, 1.54) is 23.3 Å². The lowest BCUT2D eigenvalue weighted by Gasteiger charge is -2.20. The Labute approximate surface area is 117 Å². The Kier molecular flexibility index (Phi) is 7.45. The highest BCUT2D eigenvalue weighted by Crippen LogP contribution is 2.17. The quantitative estimate of drug-likeness (QED) is 0.761. The average molecular weight is 265 g/mol. The molecule has 0 radical (unpaired) electrons. The molecule has 2 unspecified atom stereocenters. The summed E-state index contributed by atoms with van der Waals surface area (Å²) in [7, 11) is 0. The minimum Gasteiger partial charge on any atom is -0.313 e. The highest BCUT2D eigenvalue weighted by molar-refractivity contribution is 7.99. The van der Waals surface area contributed by atoms with Gasteiger partial charge in [-0.2, -0.15) is 11.8 Å². The van der Waals surface area contributed by atoms with Gasteiger partial charge in [-0.15, -0.1) is 0 Å². The van der Waals surface area contributed by atoms with E-state index in [9.17, 15) is 0 Å². The molecule has 0 aliphatic heterocycles. The molecule has 0 saturated carbocycles. The molecular weight excluding hydrogens is 238 g/mol. The summed E-state index contributed by atoms with van der Waals surface area (Å²) >= 11 is 2.09. The van der Waals surface area contributed by atoms with Gasteiger partial charge in [0.15, 0.2) is 0 Å². The van der Waals surface area contributed by atoms with Crippen molar-refractivity contribution in [2.24, 2.45) is 0 Å². The number of likely N-dealkylation sites (N-methyl/N-ethyl adjacent to an activating group) is 1. The maximum Gasteiger partial charge on any atom is 0.0198 e. The van der Waals surface area contributed by atoms with Crippen molar-refractivity contribution >= 4 is 11.8 Å². The van der Waals surface area contributed by atoms with Gasteiger partial charge in [-0.05, 0) is 37.4 Å². The fraction of sp³-hybridized carbons (Fsp3) is 0.625. The number of hydrogen-bond donors (Lipinski definition) is 1. The van der Waals surface area contributed by atoms with Gasteiger partial charge in [0.1, 0.15) is 0 Å². The highest BCUT2D eigenvalue weighted by Gasteiger charge is 2.11. The van der Waals surface area contributed by atoms with E-state index in [4.69, 9.17) is 0 Å². The normalized spacial score (nSPS) is 14.4. The van der Waals surface area contributed by atoms with Crippen LogP contribution >= 0.6 is 11.8 Å². The molecule has 1 rings (SSSR count). The van der Waals surface area contributed by atoms with Crippen LogP contribution in [0, 0.1) is 6.92 Å². The molecular formula is C16H27NS. The van der Waals surface area contributed by atoms with Gasteiger partial charge in [-0.25, -0.2) is 0 Å². The Morgan fingerprint density at radius 3 is 2.56 bits per heavy atom. The summed E-state index contributed by atoms with van der Waals surface area (Å²) in [6.45, 7) is 10.0. The van der Waals surface area contributed by atoms with Crippen LogP contribution in [0.5, 0.6) is 0 Å².